The third-order valence-electron chi connectivity index (χ3n) is 3.16. The second kappa shape index (κ2) is 4.87. The van der Waals surface area contributed by atoms with Gasteiger partial charge in [0.25, 0.3) is 0 Å². The minimum atomic E-state index is -0.161. The van der Waals surface area contributed by atoms with Crippen molar-refractivity contribution in [2.45, 2.75) is 6.42 Å². The maximum Gasteiger partial charge on any atom is 0.198 e. The van der Waals surface area contributed by atoms with Gasteiger partial charge in [0, 0.05) is 12.0 Å². The van der Waals surface area contributed by atoms with Crippen LogP contribution in [0, 0.1) is 0 Å². The second-order valence-corrected chi connectivity index (χ2v) is 5.11. The van der Waals surface area contributed by atoms with Gasteiger partial charge in [-0.1, -0.05) is 41.4 Å². The van der Waals surface area contributed by atoms with E-state index < -0.39 is 0 Å². The lowest BCUT2D eigenvalue weighted by molar-refractivity contribution is 0.103. The van der Waals surface area contributed by atoms with Crippen LogP contribution in [-0.4, -0.2) is 12.4 Å². The smallest absolute Gasteiger partial charge is 0.198 e. The quantitative estimate of drug-likeness (QED) is 0.777. The fraction of sp³-hybridized carbons (Fsp3) is 0.133. The molecule has 0 spiro atoms. The maximum atomic E-state index is 12.6. The molecular formula is C15H10Cl2O2. The van der Waals surface area contributed by atoms with Crippen molar-refractivity contribution in [1.29, 1.82) is 0 Å². The van der Waals surface area contributed by atoms with E-state index in [9.17, 15) is 4.79 Å². The molecule has 1 aliphatic heterocycles. The zero-order valence-corrected chi connectivity index (χ0v) is 11.5. The maximum absolute atomic E-state index is 12.6. The van der Waals surface area contributed by atoms with Crippen LogP contribution in [0.5, 0.6) is 5.75 Å². The first-order valence-electron chi connectivity index (χ1n) is 5.92. The third-order valence-corrected chi connectivity index (χ3v) is 3.97. The molecule has 0 radical (unpaired) electrons. The topological polar surface area (TPSA) is 26.3 Å². The fourth-order valence-electron chi connectivity index (χ4n) is 2.22. The van der Waals surface area contributed by atoms with E-state index in [4.69, 9.17) is 27.9 Å². The van der Waals surface area contributed by atoms with Gasteiger partial charge in [0.2, 0.25) is 0 Å². The van der Waals surface area contributed by atoms with Gasteiger partial charge in [-0.2, -0.15) is 0 Å². The zero-order valence-electron chi connectivity index (χ0n) is 9.95. The first-order chi connectivity index (χ1) is 9.18. The lowest BCUT2D eigenvalue weighted by Crippen LogP contribution is -2.04. The van der Waals surface area contributed by atoms with Crippen LogP contribution in [0.15, 0.2) is 36.4 Å². The summed E-state index contributed by atoms with van der Waals surface area (Å²) in [5, 5.41) is 0.658. The van der Waals surface area contributed by atoms with Crippen molar-refractivity contribution in [3.8, 4) is 5.75 Å². The van der Waals surface area contributed by atoms with E-state index in [1.807, 2.05) is 12.1 Å². The van der Waals surface area contributed by atoms with Gasteiger partial charge in [-0.3, -0.25) is 4.79 Å². The highest BCUT2D eigenvalue weighted by Crippen LogP contribution is 2.33. The molecule has 2 aromatic rings. The van der Waals surface area contributed by atoms with Crippen LogP contribution in [0.2, 0.25) is 10.0 Å². The molecule has 96 valence electrons. The highest BCUT2D eigenvalue weighted by molar-refractivity contribution is 6.44. The summed E-state index contributed by atoms with van der Waals surface area (Å²) in [5.41, 5.74) is 2.00. The van der Waals surface area contributed by atoms with Gasteiger partial charge in [0.05, 0.1) is 22.2 Å². The van der Waals surface area contributed by atoms with Crippen molar-refractivity contribution >= 4 is 29.0 Å². The highest BCUT2D eigenvalue weighted by Gasteiger charge is 2.23. The number of para-hydroxylation sites is 1. The van der Waals surface area contributed by atoms with Crippen LogP contribution in [0.1, 0.15) is 21.5 Å². The summed E-state index contributed by atoms with van der Waals surface area (Å²) >= 11 is 12.0. The Labute approximate surface area is 120 Å². The molecule has 0 N–H and O–H groups in total. The average molecular weight is 293 g/mol. The van der Waals surface area contributed by atoms with Gasteiger partial charge in [-0.25, -0.2) is 0 Å². The largest absolute Gasteiger partial charge is 0.492 e. The Bertz CT molecular complexity index is 665. The molecule has 19 heavy (non-hydrogen) atoms. The molecule has 0 fully saturated rings. The second-order valence-electron chi connectivity index (χ2n) is 4.32. The Morgan fingerprint density at radius 1 is 1.05 bits per heavy atom. The van der Waals surface area contributed by atoms with Gasteiger partial charge in [-0.05, 0) is 23.8 Å². The fourth-order valence-corrected chi connectivity index (χ4v) is 2.60. The van der Waals surface area contributed by atoms with E-state index in [1.165, 1.54) is 0 Å². The molecule has 1 aliphatic rings. The summed E-state index contributed by atoms with van der Waals surface area (Å²) in [6, 6.07) is 10.6. The van der Waals surface area contributed by atoms with Crippen molar-refractivity contribution in [1.82, 2.24) is 0 Å². The molecule has 1 heterocycles. The van der Waals surface area contributed by atoms with Crippen LogP contribution < -0.4 is 4.74 Å². The number of rotatable bonds is 2. The lowest BCUT2D eigenvalue weighted by Gasteiger charge is -2.09. The molecule has 0 unspecified atom stereocenters. The van der Waals surface area contributed by atoms with Gasteiger partial charge < -0.3 is 4.74 Å². The van der Waals surface area contributed by atoms with E-state index in [1.54, 1.807) is 24.3 Å². The average Bonchev–Trinajstić information content (AvgIpc) is 2.89. The van der Waals surface area contributed by atoms with E-state index >= 15 is 0 Å². The third kappa shape index (κ3) is 2.11. The Morgan fingerprint density at radius 2 is 1.79 bits per heavy atom. The van der Waals surface area contributed by atoms with Gasteiger partial charge >= 0.3 is 0 Å². The predicted octanol–water partition coefficient (Wildman–Crippen LogP) is 4.16. The molecule has 4 heteroatoms. The molecule has 2 aromatic carbocycles. The van der Waals surface area contributed by atoms with E-state index in [-0.39, 0.29) is 10.8 Å². The van der Waals surface area contributed by atoms with Gasteiger partial charge in [0.15, 0.2) is 5.78 Å². The Morgan fingerprint density at radius 3 is 2.63 bits per heavy atom. The van der Waals surface area contributed by atoms with Crippen LogP contribution in [0.4, 0.5) is 0 Å². The zero-order chi connectivity index (χ0) is 13.4. The molecular weight excluding hydrogens is 283 g/mol. The van der Waals surface area contributed by atoms with Gasteiger partial charge in [0.1, 0.15) is 5.75 Å². The monoisotopic (exact) mass is 292 g/mol. The summed E-state index contributed by atoms with van der Waals surface area (Å²) < 4.78 is 5.55. The normalized spacial score (nSPS) is 12.9. The standard InChI is InChI=1S/C15H10Cl2O2/c16-12-6-2-4-10(13(12)17)14(18)11-5-1-3-9-7-8-19-15(9)11/h1-6H,7-8H2. The summed E-state index contributed by atoms with van der Waals surface area (Å²) in [4.78, 5) is 12.6. The number of hydrogen-bond donors (Lipinski definition) is 0. The highest BCUT2D eigenvalue weighted by atomic mass is 35.5. The van der Waals surface area contributed by atoms with Gasteiger partial charge in [-0.15, -0.1) is 0 Å². The minimum absolute atomic E-state index is 0.161. The van der Waals surface area contributed by atoms with E-state index in [0.717, 1.165) is 12.0 Å². The molecule has 0 bridgehead atoms. The lowest BCUT2D eigenvalue weighted by atomic mass is 10.00. The summed E-state index contributed by atoms with van der Waals surface area (Å²) in [5.74, 6) is 0.509. The number of benzene rings is 2. The number of halogens is 2. The summed E-state index contributed by atoms with van der Waals surface area (Å²) in [6.07, 6.45) is 0.833. The SMILES string of the molecule is O=C(c1cccc(Cl)c1Cl)c1cccc2c1OCC2. The van der Waals surface area contributed by atoms with Crippen molar-refractivity contribution < 1.29 is 9.53 Å². The molecule has 0 saturated carbocycles. The Hall–Kier alpha value is -1.51. The van der Waals surface area contributed by atoms with Crippen LogP contribution >= 0.6 is 23.2 Å². The molecule has 0 atom stereocenters. The number of carbonyl (C=O) groups is 1. The molecule has 2 nitrogen and oxygen atoms in total. The number of hydrogen-bond acceptors (Lipinski definition) is 2. The Balaban J connectivity index is 2.11. The van der Waals surface area contributed by atoms with Crippen LogP contribution in [0.25, 0.3) is 0 Å². The van der Waals surface area contributed by atoms with Crippen LogP contribution in [-0.2, 0) is 6.42 Å². The molecule has 0 amide bonds. The molecule has 0 aromatic heterocycles. The van der Waals surface area contributed by atoms with E-state index in [0.29, 0.717) is 28.5 Å². The summed E-state index contributed by atoms with van der Waals surface area (Å²) in [7, 11) is 0. The number of ether oxygens (including phenoxy) is 1. The predicted molar refractivity (Wildman–Crippen MR) is 75.5 cm³/mol. The van der Waals surface area contributed by atoms with Crippen LogP contribution in [0.3, 0.4) is 0 Å². The Kier molecular flexibility index (Phi) is 3.21. The number of carbonyl (C=O) groups excluding carboxylic acids is 1. The molecule has 0 saturated heterocycles. The van der Waals surface area contributed by atoms with Crippen molar-refractivity contribution in [2.24, 2.45) is 0 Å². The minimum Gasteiger partial charge on any atom is -0.492 e. The van der Waals surface area contributed by atoms with Crippen molar-refractivity contribution in [3.05, 3.63) is 63.1 Å². The number of ketones is 1. The summed E-state index contributed by atoms with van der Waals surface area (Å²) in [6.45, 7) is 0.614. The van der Waals surface area contributed by atoms with Crippen molar-refractivity contribution in [2.75, 3.05) is 6.61 Å². The molecule has 3 rings (SSSR count). The van der Waals surface area contributed by atoms with Crippen molar-refractivity contribution in [3.63, 3.8) is 0 Å². The van der Waals surface area contributed by atoms with E-state index in [2.05, 4.69) is 0 Å². The first kappa shape index (κ1) is 12.5. The molecule has 0 aliphatic carbocycles. The number of fused-ring (bicyclic) bond motifs is 1. The first-order valence-corrected chi connectivity index (χ1v) is 6.67.